The first-order valence-electron chi connectivity index (χ1n) is 2.15. The molecular formula is C3H3N2O3S-. The number of nitrogens with zero attached hydrogens (tertiary/aromatic N) is 2. The summed E-state index contributed by atoms with van der Waals surface area (Å²) in [5.74, 6) is -0.515. The summed E-state index contributed by atoms with van der Waals surface area (Å²) in [4.78, 5) is 10.3. The number of carbonyl (C=O) groups is 1. The molecule has 1 aliphatic heterocycles. The van der Waals surface area contributed by atoms with Crippen molar-refractivity contribution in [1.29, 1.82) is 0 Å². The summed E-state index contributed by atoms with van der Waals surface area (Å²) in [7, 11) is 0. The highest BCUT2D eigenvalue weighted by Gasteiger charge is 2.16. The van der Waals surface area contributed by atoms with Gasteiger partial charge in [-0.3, -0.25) is 4.79 Å². The van der Waals surface area contributed by atoms with Crippen molar-refractivity contribution in [3.05, 3.63) is 10.4 Å². The molecule has 1 aliphatic rings. The Morgan fingerprint density at radius 2 is 2.44 bits per heavy atom. The molecule has 0 fully saturated rings. The lowest BCUT2D eigenvalue weighted by Crippen LogP contribution is -2.35. The van der Waals surface area contributed by atoms with Crippen molar-refractivity contribution in [3.8, 4) is 0 Å². The van der Waals surface area contributed by atoms with E-state index in [4.69, 9.17) is 0 Å². The summed E-state index contributed by atoms with van der Waals surface area (Å²) < 4.78 is 1.31. The van der Waals surface area contributed by atoms with Crippen molar-refractivity contribution < 1.29 is 9.01 Å². The van der Waals surface area contributed by atoms with Crippen LogP contribution in [0.3, 0.4) is 0 Å². The Morgan fingerprint density at radius 3 is 2.78 bits per heavy atom. The van der Waals surface area contributed by atoms with Crippen LogP contribution in [0, 0.1) is 10.4 Å². The molecule has 0 aromatic carbocycles. The Balaban J connectivity index is 2.68. The molecule has 0 saturated carbocycles. The van der Waals surface area contributed by atoms with Gasteiger partial charge in [0, 0.05) is 0 Å². The van der Waals surface area contributed by atoms with E-state index >= 15 is 0 Å². The Kier molecular flexibility index (Phi) is 1.54. The number of hydroxylamine groups is 2. The minimum atomic E-state index is -1.89. The fourth-order valence-electron chi connectivity index (χ4n) is 0.415. The van der Waals surface area contributed by atoms with Crippen LogP contribution in [0.15, 0.2) is 4.40 Å². The summed E-state index contributed by atoms with van der Waals surface area (Å²) in [6.45, 7) is -0.561. The standard InChI is InChI=1S/C3H3N2O3S/c6-3-1-4-9-5(7,8)2-3/h1H,2H2/q-1. The Morgan fingerprint density at radius 1 is 1.78 bits per heavy atom. The average Bonchev–Trinajstić information content (AvgIpc) is 1.60. The van der Waals surface area contributed by atoms with Gasteiger partial charge in [-0.25, -0.2) is 0 Å². The van der Waals surface area contributed by atoms with Gasteiger partial charge in [0.15, 0.2) is 6.54 Å². The van der Waals surface area contributed by atoms with Crippen LogP contribution in [-0.2, 0) is 4.79 Å². The fourth-order valence-corrected chi connectivity index (χ4v) is 0.908. The van der Waals surface area contributed by atoms with Crippen LogP contribution in [0.1, 0.15) is 0 Å². The second kappa shape index (κ2) is 2.07. The van der Waals surface area contributed by atoms with Crippen molar-refractivity contribution in [3.63, 3.8) is 0 Å². The monoisotopic (exact) mass is 147 g/mol. The Labute approximate surface area is 55.4 Å². The molecule has 0 radical (unpaired) electrons. The number of hydrogen-bond donors (Lipinski definition) is 0. The normalized spacial score (nSPS) is 24.4. The summed E-state index contributed by atoms with van der Waals surface area (Å²) in [5.41, 5.74) is 0. The van der Waals surface area contributed by atoms with E-state index in [-0.39, 0.29) is 0 Å². The van der Waals surface area contributed by atoms with Crippen LogP contribution in [0.4, 0.5) is 0 Å². The van der Waals surface area contributed by atoms with Crippen molar-refractivity contribution in [2.45, 2.75) is 0 Å². The molecular weight excluding hydrogens is 144 g/mol. The van der Waals surface area contributed by atoms with E-state index in [1.165, 1.54) is 0 Å². The lowest BCUT2D eigenvalue weighted by molar-refractivity contribution is -0.672. The smallest absolute Gasteiger partial charge is 0.230 e. The third-order valence-electron chi connectivity index (χ3n) is 0.718. The lowest BCUT2D eigenvalue weighted by Gasteiger charge is -2.41. The van der Waals surface area contributed by atoms with Gasteiger partial charge in [-0.1, -0.05) is 0 Å². The first kappa shape index (κ1) is 6.69. The van der Waals surface area contributed by atoms with Crippen molar-refractivity contribution in [2.24, 2.45) is 4.40 Å². The highest BCUT2D eigenvalue weighted by atomic mass is 32.2. The highest BCUT2D eigenvalue weighted by Crippen LogP contribution is 2.21. The maximum absolute atomic E-state index is 10.3. The minimum Gasteiger partial charge on any atom is -0.617 e. The molecule has 0 N–H and O–H groups in total. The Bertz CT molecular complexity index is 166. The first-order chi connectivity index (χ1) is 4.10. The highest BCUT2D eigenvalue weighted by molar-refractivity contribution is 7.92. The van der Waals surface area contributed by atoms with Gasteiger partial charge in [-0.05, 0) is 0 Å². The predicted octanol–water partition coefficient (Wildman–Crippen LogP) is 0.0155. The molecule has 0 unspecified atom stereocenters. The molecule has 0 bridgehead atoms. The molecule has 6 heteroatoms. The van der Waals surface area contributed by atoms with E-state index in [0.29, 0.717) is 12.1 Å². The molecule has 0 amide bonds. The van der Waals surface area contributed by atoms with Crippen LogP contribution in [0.2, 0.25) is 0 Å². The maximum atomic E-state index is 10.3. The van der Waals surface area contributed by atoms with E-state index < -0.39 is 16.5 Å². The van der Waals surface area contributed by atoms with Gasteiger partial charge < -0.3 is 14.6 Å². The molecule has 9 heavy (non-hydrogen) atoms. The Hall–Kier alpha value is -0.430. The zero-order chi connectivity index (χ0) is 6.91. The van der Waals surface area contributed by atoms with Crippen molar-refractivity contribution >= 4 is 24.1 Å². The summed E-state index contributed by atoms with van der Waals surface area (Å²) >= 11 is 0.299. The van der Waals surface area contributed by atoms with E-state index in [0.717, 1.165) is 6.21 Å². The third-order valence-corrected chi connectivity index (χ3v) is 1.30. The van der Waals surface area contributed by atoms with Crippen LogP contribution in [-0.4, -0.2) is 22.8 Å². The zero-order valence-electron chi connectivity index (χ0n) is 4.31. The summed E-state index contributed by atoms with van der Waals surface area (Å²) in [6.07, 6.45) is 0.983. The molecule has 50 valence electrons. The van der Waals surface area contributed by atoms with Gasteiger partial charge in [-0.2, -0.15) is 4.40 Å². The number of Topliss-reactive ketones (excluding diaryl/α,β-unsaturated/α-hetero) is 1. The molecule has 0 aromatic rings. The second-order valence-electron chi connectivity index (χ2n) is 1.55. The van der Waals surface area contributed by atoms with Crippen molar-refractivity contribution in [1.82, 2.24) is 0 Å². The molecule has 1 heterocycles. The molecule has 0 atom stereocenters. The number of quaternary nitrogens is 1. The molecule has 1 rings (SSSR count). The average molecular weight is 147 g/mol. The van der Waals surface area contributed by atoms with E-state index in [1.807, 2.05) is 0 Å². The first-order valence-corrected chi connectivity index (χ1v) is 2.88. The topological polar surface area (TPSA) is 75.5 Å². The van der Waals surface area contributed by atoms with Crippen LogP contribution in [0.25, 0.3) is 0 Å². The number of ketones is 1. The van der Waals surface area contributed by atoms with Crippen LogP contribution >= 0.6 is 12.1 Å². The van der Waals surface area contributed by atoms with Gasteiger partial charge >= 0.3 is 0 Å². The molecule has 0 aromatic heterocycles. The van der Waals surface area contributed by atoms with Crippen LogP contribution < -0.4 is 0 Å². The number of carbonyl (C=O) groups excluding carboxylic acids is 1. The quantitative estimate of drug-likeness (QED) is 0.275. The van der Waals surface area contributed by atoms with Gasteiger partial charge in [-0.15, -0.1) is 0 Å². The van der Waals surface area contributed by atoms with Gasteiger partial charge in [0.1, 0.15) is 0 Å². The third kappa shape index (κ3) is 1.75. The van der Waals surface area contributed by atoms with E-state index in [9.17, 15) is 15.2 Å². The zero-order valence-corrected chi connectivity index (χ0v) is 5.13. The number of hydrogen-bond acceptors (Lipinski definition) is 5. The molecule has 0 saturated heterocycles. The largest absolute Gasteiger partial charge is 0.617 e. The molecule has 0 aliphatic carbocycles. The van der Waals surface area contributed by atoms with Crippen LogP contribution in [0.5, 0.6) is 0 Å². The van der Waals surface area contributed by atoms with E-state index in [1.54, 1.807) is 0 Å². The summed E-state index contributed by atoms with van der Waals surface area (Å²) in [5, 5.41) is 20.7. The molecule has 0 spiro atoms. The van der Waals surface area contributed by atoms with Gasteiger partial charge in [0.2, 0.25) is 17.9 Å². The predicted molar refractivity (Wildman–Crippen MR) is 33.0 cm³/mol. The minimum absolute atomic E-state index is 0.299. The van der Waals surface area contributed by atoms with Crippen molar-refractivity contribution in [2.75, 3.05) is 6.54 Å². The number of rotatable bonds is 0. The second-order valence-corrected chi connectivity index (χ2v) is 2.48. The summed E-state index contributed by atoms with van der Waals surface area (Å²) in [6, 6.07) is 0. The lowest BCUT2D eigenvalue weighted by atomic mass is 10.4. The van der Waals surface area contributed by atoms with Gasteiger partial charge in [0.25, 0.3) is 0 Å². The van der Waals surface area contributed by atoms with E-state index in [2.05, 4.69) is 4.40 Å². The maximum Gasteiger partial charge on any atom is 0.230 e. The molecule has 5 nitrogen and oxygen atoms in total. The van der Waals surface area contributed by atoms with Gasteiger partial charge in [0.05, 0.1) is 6.21 Å². The fraction of sp³-hybridized carbons (Fsp3) is 0.333. The SMILES string of the molecule is O=C1C=NS[N+]([O-])([O-])C1.